The number of hydrogen-bond acceptors (Lipinski definition) is 3. The first-order chi connectivity index (χ1) is 8.97. The summed E-state index contributed by atoms with van der Waals surface area (Å²) in [5.74, 6) is -4.69. The second-order valence-corrected chi connectivity index (χ2v) is 3.57. The molecule has 1 aromatic rings. The first-order valence-electron chi connectivity index (χ1n) is 4.61. The van der Waals surface area contributed by atoms with Crippen LogP contribution < -0.4 is 4.74 Å². The van der Waals surface area contributed by atoms with Crippen LogP contribution >= 0.6 is 11.6 Å². The highest BCUT2D eigenvalue weighted by molar-refractivity contribution is 6.17. The average molecular weight is 324 g/mol. The molecule has 0 aliphatic carbocycles. The van der Waals surface area contributed by atoms with Crippen molar-refractivity contribution in [1.82, 2.24) is 4.98 Å². The summed E-state index contributed by atoms with van der Waals surface area (Å²) >= 11 is 5.19. The lowest BCUT2D eigenvalue weighted by atomic mass is 10.1. The second-order valence-electron chi connectivity index (χ2n) is 3.31. The number of carboxylic acids is 1. The van der Waals surface area contributed by atoms with E-state index in [1.807, 2.05) is 0 Å². The largest absolute Gasteiger partial charge is 0.573 e. The van der Waals surface area contributed by atoms with Gasteiger partial charge < -0.3 is 9.84 Å². The zero-order chi connectivity index (χ0) is 15.7. The molecule has 20 heavy (non-hydrogen) atoms. The molecule has 0 unspecified atom stereocenters. The fraction of sp³-hybridized carbons (Fsp3) is 0.333. The zero-order valence-electron chi connectivity index (χ0n) is 9.14. The highest BCUT2D eigenvalue weighted by atomic mass is 35.5. The summed E-state index contributed by atoms with van der Waals surface area (Å²) in [6.45, 7) is 0. The van der Waals surface area contributed by atoms with E-state index in [-0.39, 0.29) is 6.20 Å². The number of halogens is 7. The normalized spacial score (nSPS) is 12.3. The van der Waals surface area contributed by atoms with Gasteiger partial charge >= 0.3 is 18.5 Å². The average Bonchev–Trinajstić information content (AvgIpc) is 2.24. The third kappa shape index (κ3) is 3.65. The molecule has 0 radical (unpaired) electrons. The van der Waals surface area contributed by atoms with Gasteiger partial charge in [0, 0.05) is 6.20 Å². The van der Waals surface area contributed by atoms with Crippen LogP contribution in [-0.2, 0) is 12.1 Å². The maximum absolute atomic E-state index is 12.8. The number of carbonyl (C=O) groups is 1. The van der Waals surface area contributed by atoms with E-state index in [0.29, 0.717) is 0 Å². The van der Waals surface area contributed by atoms with Gasteiger partial charge in [0.1, 0.15) is 5.56 Å². The Kier molecular flexibility index (Phi) is 4.37. The lowest BCUT2D eigenvalue weighted by molar-refractivity contribution is -0.276. The van der Waals surface area contributed by atoms with Crippen LogP contribution in [0.5, 0.6) is 5.75 Å². The van der Waals surface area contributed by atoms with Gasteiger partial charge in [-0.15, -0.1) is 24.8 Å². The highest BCUT2D eigenvalue weighted by Gasteiger charge is 2.44. The monoisotopic (exact) mass is 323 g/mol. The molecule has 0 amide bonds. The fourth-order valence-corrected chi connectivity index (χ4v) is 1.49. The van der Waals surface area contributed by atoms with Gasteiger partial charge in [-0.1, -0.05) is 0 Å². The molecule has 0 fully saturated rings. The summed E-state index contributed by atoms with van der Waals surface area (Å²) in [6, 6.07) is 0. The van der Waals surface area contributed by atoms with E-state index in [9.17, 15) is 31.1 Å². The number of nitrogens with zero attached hydrogens (tertiary/aromatic N) is 1. The van der Waals surface area contributed by atoms with Gasteiger partial charge in [-0.3, -0.25) is 4.98 Å². The van der Waals surface area contributed by atoms with E-state index in [0.717, 1.165) is 0 Å². The third-order valence-electron chi connectivity index (χ3n) is 1.97. The first-order valence-corrected chi connectivity index (χ1v) is 5.15. The molecule has 0 aliphatic heterocycles. The van der Waals surface area contributed by atoms with Crippen LogP contribution in [0.25, 0.3) is 0 Å². The van der Waals surface area contributed by atoms with E-state index in [2.05, 4.69) is 9.72 Å². The van der Waals surface area contributed by atoms with E-state index in [1.54, 1.807) is 0 Å². The van der Waals surface area contributed by atoms with Crippen molar-refractivity contribution in [3.8, 4) is 5.75 Å². The maximum Gasteiger partial charge on any atom is 0.573 e. The van der Waals surface area contributed by atoms with Crippen LogP contribution in [0.2, 0.25) is 0 Å². The van der Waals surface area contributed by atoms with Crippen LogP contribution in [-0.4, -0.2) is 22.4 Å². The molecule has 0 bridgehead atoms. The maximum atomic E-state index is 12.8. The summed E-state index contributed by atoms with van der Waals surface area (Å²) in [5, 5.41) is 8.61. The zero-order valence-corrected chi connectivity index (χ0v) is 9.90. The highest BCUT2D eigenvalue weighted by Crippen LogP contribution is 2.42. The molecule has 0 saturated carbocycles. The Balaban J connectivity index is 3.65. The summed E-state index contributed by atoms with van der Waals surface area (Å²) < 4.78 is 78.0. The number of carboxylic acid groups (broad SMARTS) is 1. The van der Waals surface area contributed by atoms with Gasteiger partial charge in [-0.05, 0) is 0 Å². The fourth-order valence-electron chi connectivity index (χ4n) is 1.30. The van der Waals surface area contributed by atoms with Crippen LogP contribution in [0.4, 0.5) is 26.3 Å². The van der Waals surface area contributed by atoms with Crippen molar-refractivity contribution in [2.45, 2.75) is 18.4 Å². The van der Waals surface area contributed by atoms with Crippen molar-refractivity contribution in [3.05, 3.63) is 23.0 Å². The van der Waals surface area contributed by atoms with Crippen LogP contribution in [0.15, 0.2) is 6.20 Å². The van der Waals surface area contributed by atoms with E-state index in [1.165, 1.54) is 0 Å². The number of rotatable bonds is 3. The SMILES string of the molecule is O=C(O)c1cnc(CCl)c(OC(F)(F)F)c1C(F)(F)F. The molecule has 4 nitrogen and oxygen atoms in total. The topological polar surface area (TPSA) is 59.4 Å². The minimum Gasteiger partial charge on any atom is -0.478 e. The van der Waals surface area contributed by atoms with Crippen molar-refractivity contribution in [2.75, 3.05) is 0 Å². The Morgan fingerprint density at radius 3 is 2.20 bits per heavy atom. The van der Waals surface area contributed by atoms with Crippen LogP contribution in [0.1, 0.15) is 21.6 Å². The number of pyridine rings is 1. The predicted octanol–water partition coefficient (Wildman–Crippen LogP) is 3.44. The van der Waals surface area contributed by atoms with Gasteiger partial charge in [-0.2, -0.15) is 13.2 Å². The quantitative estimate of drug-likeness (QED) is 0.684. The van der Waals surface area contributed by atoms with Crippen molar-refractivity contribution in [1.29, 1.82) is 0 Å². The molecule has 11 heteroatoms. The van der Waals surface area contributed by atoms with Gasteiger partial charge in [0.2, 0.25) is 0 Å². The smallest absolute Gasteiger partial charge is 0.478 e. The van der Waals surface area contributed by atoms with Crippen molar-refractivity contribution >= 4 is 17.6 Å². The Morgan fingerprint density at radius 1 is 1.30 bits per heavy atom. The number of hydrogen-bond donors (Lipinski definition) is 1. The molecule has 1 aromatic heterocycles. The van der Waals surface area contributed by atoms with Gasteiger partial charge in [-0.25, -0.2) is 4.79 Å². The summed E-state index contributed by atoms with van der Waals surface area (Å²) in [6.07, 6.45) is -10.6. The Hall–Kier alpha value is -1.71. The summed E-state index contributed by atoms with van der Waals surface area (Å²) in [7, 11) is 0. The first kappa shape index (κ1) is 16.3. The molecule has 0 atom stereocenters. The van der Waals surface area contributed by atoms with E-state index < -0.39 is 47.0 Å². The lowest BCUT2D eigenvalue weighted by Crippen LogP contribution is -2.24. The van der Waals surface area contributed by atoms with Crippen molar-refractivity contribution < 1.29 is 41.0 Å². The second kappa shape index (κ2) is 5.35. The minimum atomic E-state index is -5.46. The summed E-state index contributed by atoms with van der Waals surface area (Å²) in [5.41, 5.74) is -4.43. The molecule has 1 rings (SSSR count). The standard InChI is InChI=1S/C9H4ClF6NO3/c10-1-4-6(20-9(14,15)16)5(8(11,12)13)3(2-17-4)7(18)19/h2H,1H2,(H,18,19). The summed E-state index contributed by atoms with van der Waals surface area (Å²) in [4.78, 5) is 13.8. The molecule has 1 heterocycles. The third-order valence-corrected chi connectivity index (χ3v) is 2.22. The Labute approximate surface area is 111 Å². The number of aromatic nitrogens is 1. The molecular weight excluding hydrogens is 320 g/mol. The predicted molar refractivity (Wildman–Crippen MR) is 52.4 cm³/mol. The van der Waals surface area contributed by atoms with E-state index >= 15 is 0 Å². The van der Waals surface area contributed by atoms with Crippen molar-refractivity contribution in [2.24, 2.45) is 0 Å². The molecule has 112 valence electrons. The van der Waals surface area contributed by atoms with Gasteiger partial charge in [0.15, 0.2) is 5.75 Å². The molecule has 0 aliphatic rings. The van der Waals surface area contributed by atoms with Gasteiger partial charge in [0.05, 0.1) is 17.1 Å². The van der Waals surface area contributed by atoms with Gasteiger partial charge in [0.25, 0.3) is 0 Å². The molecule has 0 spiro atoms. The molecule has 0 saturated heterocycles. The number of aromatic carboxylic acids is 1. The molecule has 0 aromatic carbocycles. The Morgan fingerprint density at radius 2 is 1.85 bits per heavy atom. The number of alkyl halides is 7. The van der Waals surface area contributed by atoms with E-state index in [4.69, 9.17) is 16.7 Å². The molecule has 1 N–H and O–H groups in total. The van der Waals surface area contributed by atoms with Crippen LogP contribution in [0.3, 0.4) is 0 Å². The van der Waals surface area contributed by atoms with Crippen molar-refractivity contribution in [3.63, 3.8) is 0 Å². The Bertz CT molecular complexity index is 528. The van der Waals surface area contributed by atoms with Crippen LogP contribution in [0, 0.1) is 0 Å². The minimum absolute atomic E-state index is 0.270. The molecular formula is C9H4ClF6NO3. The number of ether oxygens (including phenoxy) is 1. The lowest BCUT2D eigenvalue weighted by Gasteiger charge is -2.18.